The van der Waals surface area contributed by atoms with Crippen molar-refractivity contribution in [2.75, 3.05) is 4.90 Å². The Balaban J connectivity index is 1.92. The van der Waals surface area contributed by atoms with Gasteiger partial charge in [0, 0.05) is 16.9 Å². The van der Waals surface area contributed by atoms with E-state index < -0.39 is 0 Å². The van der Waals surface area contributed by atoms with Crippen molar-refractivity contribution in [1.82, 2.24) is 0 Å². The first kappa shape index (κ1) is 17.1. The second-order valence-electron chi connectivity index (χ2n) is 6.89. The summed E-state index contributed by atoms with van der Waals surface area (Å²) in [7, 11) is 0. The van der Waals surface area contributed by atoms with Crippen LogP contribution in [0.2, 0.25) is 0 Å². The highest BCUT2D eigenvalue weighted by molar-refractivity contribution is 5.87. The topological polar surface area (TPSA) is 3.24 Å². The zero-order valence-corrected chi connectivity index (χ0v) is 15.8. The molecule has 0 fully saturated rings. The fourth-order valence-electron chi connectivity index (χ4n) is 3.35. The molecule has 0 aliphatic heterocycles. The second-order valence-corrected chi connectivity index (χ2v) is 6.89. The Hall–Kier alpha value is -3.32. The van der Waals surface area contributed by atoms with Crippen molar-refractivity contribution in [3.05, 3.63) is 114 Å². The molecule has 0 atom stereocenters. The number of aryl methyl sites for hydroxylation is 2. The maximum absolute atomic E-state index is 2.33. The Kier molecular flexibility index (Phi) is 4.76. The van der Waals surface area contributed by atoms with Crippen molar-refractivity contribution in [1.29, 1.82) is 0 Å². The lowest BCUT2D eigenvalue weighted by molar-refractivity contribution is 1.27. The molecule has 0 saturated carbocycles. The summed E-state index contributed by atoms with van der Waals surface area (Å²) in [6, 6.07) is 36.6. The smallest absolute Gasteiger partial charge is 0.0540 e. The predicted molar refractivity (Wildman–Crippen MR) is 116 cm³/mol. The van der Waals surface area contributed by atoms with Gasteiger partial charge in [-0.2, -0.15) is 0 Å². The first-order valence-electron chi connectivity index (χ1n) is 9.30. The van der Waals surface area contributed by atoms with Gasteiger partial charge in [-0.05, 0) is 49.7 Å². The van der Waals surface area contributed by atoms with Crippen molar-refractivity contribution in [3.63, 3.8) is 0 Å². The van der Waals surface area contributed by atoms with Gasteiger partial charge in [0.15, 0.2) is 0 Å². The highest BCUT2D eigenvalue weighted by atomic mass is 15.1. The minimum Gasteiger partial charge on any atom is -0.310 e. The fraction of sp³-hybridized carbons (Fsp3) is 0.0769. The quantitative estimate of drug-likeness (QED) is 0.370. The van der Waals surface area contributed by atoms with Gasteiger partial charge in [0.1, 0.15) is 0 Å². The van der Waals surface area contributed by atoms with Gasteiger partial charge in [-0.3, -0.25) is 0 Å². The number of anilines is 3. The molecule has 0 saturated heterocycles. The molecule has 4 rings (SSSR count). The first-order chi connectivity index (χ1) is 13.2. The van der Waals surface area contributed by atoms with Gasteiger partial charge in [-0.15, -0.1) is 0 Å². The Morgan fingerprint density at radius 2 is 0.963 bits per heavy atom. The lowest BCUT2D eigenvalue weighted by atomic mass is 10.0. The number of rotatable bonds is 4. The summed E-state index contributed by atoms with van der Waals surface area (Å²) in [4.78, 5) is 2.33. The largest absolute Gasteiger partial charge is 0.310 e. The van der Waals surface area contributed by atoms with Crippen LogP contribution in [0.15, 0.2) is 103 Å². The monoisotopic (exact) mass is 349 g/mol. The molecule has 0 bridgehead atoms. The van der Waals surface area contributed by atoms with Crippen molar-refractivity contribution < 1.29 is 0 Å². The lowest BCUT2D eigenvalue weighted by Gasteiger charge is -2.28. The van der Waals surface area contributed by atoms with E-state index in [9.17, 15) is 0 Å². The van der Waals surface area contributed by atoms with Gasteiger partial charge in [0.25, 0.3) is 0 Å². The van der Waals surface area contributed by atoms with E-state index >= 15 is 0 Å². The highest BCUT2D eigenvalue weighted by Crippen LogP contribution is 2.40. The molecule has 0 amide bonds. The summed E-state index contributed by atoms with van der Waals surface area (Å²) in [5.74, 6) is 0. The average Bonchev–Trinajstić information content (AvgIpc) is 2.72. The second kappa shape index (κ2) is 7.51. The van der Waals surface area contributed by atoms with Crippen molar-refractivity contribution >= 4 is 17.1 Å². The van der Waals surface area contributed by atoms with Crippen LogP contribution < -0.4 is 4.90 Å². The van der Waals surface area contributed by atoms with E-state index in [2.05, 4.69) is 122 Å². The summed E-state index contributed by atoms with van der Waals surface area (Å²) in [5.41, 5.74) is 8.46. The average molecular weight is 349 g/mol. The van der Waals surface area contributed by atoms with E-state index in [1.807, 2.05) is 0 Å². The molecule has 0 heterocycles. The van der Waals surface area contributed by atoms with E-state index in [4.69, 9.17) is 0 Å². The lowest BCUT2D eigenvalue weighted by Crippen LogP contribution is -2.11. The molecule has 0 unspecified atom stereocenters. The Bertz CT molecular complexity index is 970. The number of hydrogen-bond acceptors (Lipinski definition) is 1. The van der Waals surface area contributed by atoms with Gasteiger partial charge >= 0.3 is 0 Å². The fourth-order valence-corrected chi connectivity index (χ4v) is 3.35. The van der Waals surface area contributed by atoms with Crippen LogP contribution in [0.5, 0.6) is 0 Å². The molecule has 4 aromatic rings. The van der Waals surface area contributed by atoms with Crippen LogP contribution >= 0.6 is 0 Å². The summed E-state index contributed by atoms with van der Waals surface area (Å²) in [5, 5.41) is 0. The van der Waals surface area contributed by atoms with Gasteiger partial charge < -0.3 is 4.90 Å². The summed E-state index contributed by atoms with van der Waals surface area (Å²) >= 11 is 0. The third-order valence-electron chi connectivity index (χ3n) is 4.81. The van der Waals surface area contributed by atoms with Crippen LogP contribution in [0.3, 0.4) is 0 Å². The van der Waals surface area contributed by atoms with Crippen molar-refractivity contribution in [2.45, 2.75) is 13.8 Å². The van der Waals surface area contributed by atoms with Gasteiger partial charge in [0.05, 0.1) is 5.69 Å². The standard InChI is InChI=1S/C26H23N/c1-20-12-16-23(17-13-20)27(24-18-14-21(2)15-19-24)26-11-7-6-10-25(26)22-8-4-3-5-9-22/h3-19H,1-2H3. The molecule has 27 heavy (non-hydrogen) atoms. The Labute approximate surface area is 161 Å². The summed E-state index contributed by atoms with van der Waals surface area (Å²) in [6.07, 6.45) is 0. The van der Waals surface area contributed by atoms with Crippen molar-refractivity contribution in [2.24, 2.45) is 0 Å². The Morgan fingerprint density at radius 3 is 1.52 bits per heavy atom. The summed E-state index contributed by atoms with van der Waals surface area (Å²) in [6.45, 7) is 4.25. The zero-order chi connectivity index (χ0) is 18.6. The maximum atomic E-state index is 2.33. The van der Waals surface area contributed by atoms with Crippen LogP contribution in [-0.2, 0) is 0 Å². The van der Waals surface area contributed by atoms with E-state index in [1.165, 1.54) is 27.9 Å². The molecule has 0 aliphatic rings. The minimum absolute atomic E-state index is 1.16. The molecular weight excluding hydrogens is 326 g/mol. The molecule has 4 aromatic carbocycles. The molecule has 0 spiro atoms. The number of nitrogens with zero attached hydrogens (tertiary/aromatic N) is 1. The molecule has 0 radical (unpaired) electrons. The number of benzene rings is 4. The Morgan fingerprint density at radius 1 is 0.481 bits per heavy atom. The van der Waals surface area contributed by atoms with E-state index in [1.54, 1.807) is 0 Å². The van der Waals surface area contributed by atoms with E-state index in [0.717, 1.165) is 11.4 Å². The normalized spacial score (nSPS) is 10.6. The van der Waals surface area contributed by atoms with Gasteiger partial charge in [-0.25, -0.2) is 0 Å². The first-order valence-corrected chi connectivity index (χ1v) is 9.30. The van der Waals surface area contributed by atoms with E-state index in [-0.39, 0.29) is 0 Å². The zero-order valence-electron chi connectivity index (χ0n) is 15.8. The molecule has 0 N–H and O–H groups in total. The molecule has 0 aromatic heterocycles. The SMILES string of the molecule is Cc1ccc(N(c2ccc(C)cc2)c2ccccc2-c2ccccc2)cc1. The van der Waals surface area contributed by atoms with Crippen LogP contribution in [0, 0.1) is 13.8 Å². The molecule has 1 nitrogen and oxygen atoms in total. The third kappa shape index (κ3) is 3.63. The van der Waals surface area contributed by atoms with Gasteiger partial charge in [-0.1, -0.05) is 83.9 Å². The van der Waals surface area contributed by atoms with Crippen molar-refractivity contribution in [3.8, 4) is 11.1 Å². The van der Waals surface area contributed by atoms with Crippen LogP contribution in [0.4, 0.5) is 17.1 Å². The van der Waals surface area contributed by atoms with Crippen LogP contribution in [0.1, 0.15) is 11.1 Å². The highest BCUT2D eigenvalue weighted by Gasteiger charge is 2.16. The summed E-state index contributed by atoms with van der Waals surface area (Å²) < 4.78 is 0. The predicted octanol–water partition coefficient (Wildman–Crippen LogP) is 7.44. The maximum Gasteiger partial charge on any atom is 0.0540 e. The van der Waals surface area contributed by atoms with Crippen LogP contribution in [0.25, 0.3) is 11.1 Å². The molecule has 0 aliphatic carbocycles. The van der Waals surface area contributed by atoms with Gasteiger partial charge in [0.2, 0.25) is 0 Å². The van der Waals surface area contributed by atoms with Crippen LogP contribution in [-0.4, -0.2) is 0 Å². The minimum atomic E-state index is 1.16. The third-order valence-corrected chi connectivity index (χ3v) is 4.81. The molecular formula is C26H23N. The molecule has 1 heteroatoms. The molecule has 132 valence electrons. The number of para-hydroxylation sites is 1. The van der Waals surface area contributed by atoms with E-state index in [0.29, 0.717) is 0 Å². The number of hydrogen-bond donors (Lipinski definition) is 0.